The van der Waals surface area contributed by atoms with Gasteiger partial charge < -0.3 is 5.32 Å². The van der Waals surface area contributed by atoms with Gasteiger partial charge in [-0.1, -0.05) is 12.1 Å². The first kappa shape index (κ1) is 10.0. The number of benzene rings is 1. The van der Waals surface area contributed by atoms with Crippen LogP contribution in [0.3, 0.4) is 0 Å². The molecule has 16 heavy (non-hydrogen) atoms. The second kappa shape index (κ2) is 4.02. The molecule has 0 amide bonds. The lowest BCUT2D eigenvalue weighted by atomic mass is 9.96. The standard InChI is InChI=1S/C14H17NO/c16-14(7-10-1-2-10)12-4-3-11-5-6-15-9-13(11)8-12/h3-4,8,10,15H,1-2,5-7,9H2. The van der Waals surface area contributed by atoms with Crippen LogP contribution in [0.15, 0.2) is 18.2 Å². The zero-order valence-electron chi connectivity index (χ0n) is 9.46. The number of hydrogen-bond acceptors (Lipinski definition) is 2. The number of rotatable bonds is 3. The molecule has 1 aromatic carbocycles. The minimum atomic E-state index is 0.330. The van der Waals surface area contributed by atoms with Gasteiger partial charge in [0.2, 0.25) is 0 Å². The molecular weight excluding hydrogens is 198 g/mol. The Balaban J connectivity index is 1.81. The molecule has 1 fully saturated rings. The van der Waals surface area contributed by atoms with Gasteiger partial charge in [-0.25, -0.2) is 0 Å². The topological polar surface area (TPSA) is 29.1 Å². The van der Waals surface area contributed by atoms with E-state index in [1.54, 1.807) is 0 Å². The van der Waals surface area contributed by atoms with Crippen LogP contribution in [0.4, 0.5) is 0 Å². The molecule has 0 aromatic heterocycles. The third kappa shape index (κ3) is 2.03. The van der Waals surface area contributed by atoms with E-state index in [1.807, 2.05) is 6.07 Å². The highest BCUT2D eigenvalue weighted by molar-refractivity contribution is 5.96. The quantitative estimate of drug-likeness (QED) is 0.784. The second-order valence-corrected chi connectivity index (χ2v) is 4.98. The van der Waals surface area contributed by atoms with Gasteiger partial charge in [0, 0.05) is 18.5 Å². The lowest BCUT2D eigenvalue weighted by Gasteiger charge is -2.17. The molecule has 0 unspecified atom stereocenters. The molecular formula is C14H17NO. The number of carbonyl (C=O) groups is 1. The van der Waals surface area contributed by atoms with Crippen LogP contribution in [0, 0.1) is 5.92 Å². The maximum Gasteiger partial charge on any atom is 0.163 e. The predicted octanol–water partition coefficient (Wildman–Crippen LogP) is 2.32. The van der Waals surface area contributed by atoms with Crippen molar-refractivity contribution in [2.45, 2.75) is 32.2 Å². The molecule has 1 aromatic rings. The van der Waals surface area contributed by atoms with Crippen LogP contribution >= 0.6 is 0 Å². The molecule has 0 saturated heterocycles. The molecule has 1 aliphatic heterocycles. The van der Waals surface area contributed by atoms with Crippen molar-refractivity contribution >= 4 is 5.78 Å². The maximum atomic E-state index is 12.0. The average Bonchev–Trinajstić information content (AvgIpc) is 3.12. The smallest absolute Gasteiger partial charge is 0.163 e. The first-order valence-electron chi connectivity index (χ1n) is 6.18. The van der Waals surface area contributed by atoms with Crippen LogP contribution in [0.25, 0.3) is 0 Å². The van der Waals surface area contributed by atoms with Crippen molar-refractivity contribution < 1.29 is 4.79 Å². The van der Waals surface area contributed by atoms with Crippen LogP contribution in [0.5, 0.6) is 0 Å². The van der Waals surface area contributed by atoms with Gasteiger partial charge in [-0.3, -0.25) is 4.79 Å². The fourth-order valence-electron chi connectivity index (χ4n) is 2.36. The summed E-state index contributed by atoms with van der Waals surface area (Å²) in [5, 5.41) is 3.35. The van der Waals surface area contributed by atoms with Gasteiger partial charge in [0.05, 0.1) is 0 Å². The Kier molecular flexibility index (Phi) is 2.52. The summed E-state index contributed by atoms with van der Waals surface area (Å²) in [6.45, 7) is 1.97. The Bertz CT molecular complexity index is 421. The summed E-state index contributed by atoms with van der Waals surface area (Å²) in [6.07, 6.45) is 4.34. The van der Waals surface area contributed by atoms with Gasteiger partial charge in [0.1, 0.15) is 0 Å². The van der Waals surface area contributed by atoms with E-state index in [-0.39, 0.29) is 0 Å². The van der Waals surface area contributed by atoms with Crippen molar-refractivity contribution in [2.75, 3.05) is 6.54 Å². The predicted molar refractivity (Wildman–Crippen MR) is 63.5 cm³/mol. The van der Waals surface area contributed by atoms with E-state index < -0.39 is 0 Å². The molecule has 1 heterocycles. The fraction of sp³-hybridized carbons (Fsp3) is 0.500. The van der Waals surface area contributed by atoms with Crippen molar-refractivity contribution in [2.24, 2.45) is 5.92 Å². The molecule has 2 nitrogen and oxygen atoms in total. The molecule has 0 spiro atoms. The minimum Gasteiger partial charge on any atom is -0.312 e. The Morgan fingerprint density at radius 3 is 3.00 bits per heavy atom. The number of Topliss-reactive ketones (excluding diaryl/α,β-unsaturated/α-hetero) is 1. The molecule has 84 valence electrons. The zero-order valence-corrected chi connectivity index (χ0v) is 9.46. The molecule has 2 heteroatoms. The Morgan fingerprint density at radius 1 is 1.31 bits per heavy atom. The van der Waals surface area contributed by atoms with E-state index in [0.29, 0.717) is 11.7 Å². The number of ketones is 1. The molecule has 0 radical (unpaired) electrons. The molecule has 0 atom stereocenters. The van der Waals surface area contributed by atoms with Gasteiger partial charge in [-0.05, 0) is 48.9 Å². The Hall–Kier alpha value is -1.15. The normalized spacial score (nSPS) is 19.2. The summed E-state index contributed by atoms with van der Waals surface area (Å²) in [6, 6.07) is 6.23. The largest absolute Gasteiger partial charge is 0.312 e. The highest BCUT2D eigenvalue weighted by Gasteiger charge is 2.25. The summed E-state index contributed by atoms with van der Waals surface area (Å²) >= 11 is 0. The lowest BCUT2D eigenvalue weighted by molar-refractivity contribution is 0.0976. The third-order valence-electron chi connectivity index (χ3n) is 3.59. The highest BCUT2D eigenvalue weighted by Crippen LogP contribution is 2.33. The van der Waals surface area contributed by atoms with E-state index in [1.165, 1.54) is 24.0 Å². The van der Waals surface area contributed by atoms with Crippen molar-refractivity contribution in [3.8, 4) is 0 Å². The van der Waals surface area contributed by atoms with Crippen molar-refractivity contribution in [1.29, 1.82) is 0 Å². The summed E-state index contributed by atoms with van der Waals surface area (Å²) in [5.74, 6) is 1.01. The second-order valence-electron chi connectivity index (χ2n) is 4.98. The average molecular weight is 215 g/mol. The summed E-state index contributed by atoms with van der Waals surface area (Å²) in [7, 11) is 0. The third-order valence-corrected chi connectivity index (χ3v) is 3.59. The van der Waals surface area contributed by atoms with Gasteiger partial charge in [0.15, 0.2) is 5.78 Å². The van der Waals surface area contributed by atoms with Gasteiger partial charge in [-0.2, -0.15) is 0 Å². The Morgan fingerprint density at radius 2 is 2.19 bits per heavy atom. The van der Waals surface area contributed by atoms with Crippen LogP contribution in [-0.2, 0) is 13.0 Å². The molecule has 0 bridgehead atoms. The van der Waals surface area contributed by atoms with Crippen LogP contribution in [0.2, 0.25) is 0 Å². The lowest BCUT2D eigenvalue weighted by Crippen LogP contribution is -2.23. The van der Waals surface area contributed by atoms with Gasteiger partial charge in [0.25, 0.3) is 0 Å². The summed E-state index contributed by atoms with van der Waals surface area (Å²) in [5.41, 5.74) is 3.63. The number of carbonyl (C=O) groups excluding carboxylic acids is 1. The van der Waals surface area contributed by atoms with E-state index in [9.17, 15) is 4.79 Å². The zero-order chi connectivity index (χ0) is 11.0. The van der Waals surface area contributed by atoms with Crippen molar-refractivity contribution in [3.05, 3.63) is 34.9 Å². The van der Waals surface area contributed by atoms with E-state index in [4.69, 9.17) is 0 Å². The van der Waals surface area contributed by atoms with Crippen LogP contribution < -0.4 is 5.32 Å². The Labute approximate surface area is 96.1 Å². The minimum absolute atomic E-state index is 0.330. The first-order chi connectivity index (χ1) is 7.83. The summed E-state index contributed by atoms with van der Waals surface area (Å²) in [4.78, 5) is 12.0. The molecule has 2 aliphatic rings. The molecule has 1 N–H and O–H groups in total. The number of fused-ring (bicyclic) bond motifs is 1. The van der Waals surface area contributed by atoms with E-state index in [0.717, 1.165) is 31.5 Å². The fourth-order valence-corrected chi connectivity index (χ4v) is 2.36. The van der Waals surface area contributed by atoms with E-state index in [2.05, 4.69) is 17.4 Å². The van der Waals surface area contributed by atoms with Gasteiger partial charge >= 0.3 is 0 Å². The van der Waals surface area contributed by atoms with Crippen LogP contribution in [0.1, 0.15) is 40.7 Å². The molecule has 3 rings (SSSR count). The number of hydrogen-bond donors (Lipinski definition) is 1. The van der Waals surface area contributed by atoms with E-state index >= 15 is 0 Å². The molecule has 1 saturated carbocycles. The highest BCUT2D eigenvalue weighted by atomic mass is 16.1. The SMILES string of the molecule is O=C(CC1CC1)c1ccc2c(c1)CNCC2. The number of nitrogens with one attached hydrogen (secondary N) is 1. The summed E-state index contributed by atoms with van der Waals surface area (Å²) < 4.78 is 0. The van der Waals surface area contributed by atoms with Crippen molar-refractivity contribution in [3.63, 3.8) is 0 Å². The van der Waals surface area contributed by atoms with Crippen LogP contribution in [-0.4, -0.2) is 12.3 Å². The first-order valence-corrected chi connectivity index (χ1v) is 6.18. The van der Waals surface area contributed by atoms with Gasteiger partial charge in [-0.15, -0.1) is 0 Å². The van der Waals surface area contributed by atoms with Crippen molar-refractivity contribution in [1.82, 2.24) is 5.32 Å². The molecule has 1 aliphatic carbocycles. The maximum absolute atomic E-state index is 12.0. The monoisotopic (exact) mass is 215 g/mol.